The third kappa shape index (κ3) is 2.09. The Morgan fingerprint density at radius 1 is 1.11 bits per heavy atom. The van der Waals surface area contributed by atoms with Crippen LogP contribution in [0.1, 0.15) is 22.7 Å². The molecule has 0 aliphatic carbocycles. The van der Waals surface area contributed by atoms with Crippen molar-refractivity contribution in [3.63, 3.8) is 0 Å². The smallest absolute Gasteiger partial charge is 0.0775 e. The van der Waals surface area contributed by atoms with E-state index in [1.54, 1.807) is 6.20 Å². The van der Waals surface area contributed by atoms with Gasteiger partial charge in [-0.1, -0.05) is 36.4 Å². The maximum Gasteiger partial charge on any atom is 0.0775 e. The normalized spacial score (nSPS) is 19.2. The first-order chi connectivity index (χ1) is 9.33. The minimum absolute atomic E-state index is 0.137. The molecule has 0 spiro atoms. The summed E-state index contributed by atoms with van der Waals surface area (Å²) in [5.74, 6) is 0. The molecule has 0 saturated carbocycles. The number of hydrogen-bond acceptors (Lipinski definition) is 4. The molecule has 2 aromatic rings. The maximum absolute atomic E-state index is 5.70. The molecule has 1 aliphatic rings. The van der Waals surface area contributed by atoms with E-state index < -0.39 is 0 Å². The van der Waals surface area contributed by atoms with Crippen molar-refractivity contribution in [2.45, 2.75) is 10.9 Å². The summed E-state index contributed by atoms with van der Waals surface area (Å²) in [5, 5.41) is 9.09. The van der Waals surface area contributed by atoms with Gasteiger partial charge in [0, 0.05) is 16.7 Å². The van der Waals surface area contributed by atoms with Gasteiger partial charge in [-0.3, -0.25) is 5.14 Å². The first-order valence-electron chi connectivity index (χ1n) is 6.08. The van der Waals surface area contributed by atoms with Gasteiger partial charge in [0.05, 0.1) is 11.7 Å². The molecule has 3 rings (SSSR count). The van der Waals surface area contributed by atoms with Gasteiger partial charge in [-0.25, -0.2) is 0 Å². The van der Waals surface area contributed by atoms with Crippen LogP contribution in [0.25, 0.3) is 5.70 Å². The highest BCUT2D eigenvalue weighted by Crippen LogP contribution is 2.36. The number of nitrogens with one attached hydrogen (secondary N) is 1. The minimum atomic E-state index is 0.137. The molecule has 3 nitrogen and oxygen atoms in total. The van der Waals surface area contributed by atoms with Crippen LogP contribution in [0.5, 0.6) is 0 Å². The highest BCUT2D eigenvalue weighted by Gasteiger charge is 2.26. The summed E-state index contributed by atoms with van der Waals surface area (Å²) in [7, 11) is 0. The lowest BCUT2D eigenvalue weighted by Crippen LogP contribution is -2.13. The number of benzene rings is 2. The monoisotopic (exact) mass is 269 g/mol. The second-order valence-corrected chi connectivity index (χ2v) is 5.14. The maximum atomic E-state index is 5.70. The van der Waals surface area contributed by atoms with Crippen LogP contribution in [-0.2, 0) is 0 Å². The summed E-state index contributed by atoms with van der Waals surface area (Å²) >= 11 is 1.26. The summed E-state index contributed by atoms with van der Waals surface area (Å²) in [6.45, 7) is 0. The van der Waals surface area contributed by atoms with Gasteiger partial charge < -0.3 is 11.1 Å². The van der Waals surface area contributed by atoms with E-state index in [0.717, 1.165) is 10.6 Å². The molecule has 0 bridgehead atoms. The average molecular weight is 269 g/mol. The third-order valence-corrected chi connectivity index (χ3v) is 3.88. The van der Waals surface area contributed by atoms with Crippen molar-refractivity contribution in [1.29, 1.82) is 0 Å². The molecule has 1 unspecified atom stereocenters. The highest BCUT2D eigenvalue weighted by molar-refractivity contribution is 7.97. The molecule has 4 heteroatoms. The SMILES string of the molecule is N/C=C1\NC(c2cccc(SN)c2)c2ccccc21. The zero-order valence-electron chi connectivity index (χ0n) is 10.3. The predicted octanol–water partition coefficient (Wildman–Crippen LogP) is 2.60. The Kier molecular flexibility index (Phi) is 3.19. The van der Waals surface area contributed by atoms with Gasteiger partial charge >= 0.3 is 0 Å². The van der Waals surface area contributed by atoms with Crippen LogP contribution in [0.3, 0.4) is 0 Å². The Balaban J connectivity index is 2.07. The standard InChI is InChI=1S/C15H15N3S/c16-9-14-12-6-1-2-7-13(12)15(18-14)10-4-3-5-11(8-10)19-17/h1-9,15,18H,16-17H2/b14-9-. The van der Waals surface area contributed by atoms with Gasteiger partial charge in [-0.05, 0) is 35.2 Å². The van der Waals surface area contributed by atoms with E-state index in [4.69, 9.17) is 10.9 Å². The fourth-order valence-electron chi connectivity index (χ4n) is 2.47. The summed E-state index contributed by atoms with van der Waals surface area (Å²) in [6, 6.07) is 16.7. The van der Waals surface area contributed by atoms with Crippen LogP contribution < -0.4 is 16.2 Å². The molecule has 2 aromatic carbocycles. The Morgan fingerprint density at radius 3 is 2.74 bits per heavy atom. The molecule has 0 amide bonds. The summed E-state index contributed by atoms with van der Waals surface area (Å²) in [5.41, 5.74) is 10.3. The van der Waals surface area contributed by atoms with Gasteiger partial charge in [0.1, 0.15) is 0 Å². The molecular weight excluding hydrogens is 254 g/mol. The molecule has 0 fully saturated rings. The lowest BCUT2D eigenvalue weighted by molar-refractivity contribution is 0.779. The van der Waals surface area contributed by atoms with Crippen LogP contribution in [0, 0.1) is 0 Å². The van der Waals surface area contributed by atoms with E-state index in [1.165, 1.54) is 28.6 Å². The van der Waals surface area contributed by atoms with Crippen LogP contribution in [-0.4, -0.2) is 0 Å². The van der Waals surface area contributed by atoms with Crippen molar-refractivity contribution >= 4 is 17.6 Å². The molecule has 0 aromatic heterocycles. The Morgan fingerprint density at radius 2 is 1.95 bits per heavy atom. The zero-order valence-corrected chi connectivity index (χ0v) is 11.2. The Labute approximate surface area is 116 Å². The van der Waals surface area contributed by atoms with E-state index >= 15 is 0 Å². The highest BCUT2D eigenvalue weighted by atomic mass is 32.2. The van der Waals surface area contributed by atoms with Gasteiger partial charge in [-0.2, -0.15) is 0 Å². The zero-order chi connectivity index (χ0) is 13.2. The molecular formula is C15H15N3S. The fourth-order valence-corrected chi connectivity index (χ4v) is 2.83. The number of hydrogen-bond donors (Lipinski definition) is 3. The minimum Gasteiger partial charge on any atom is -0.403 e. The molecule has 0 radical (unpaired) electrons. The van der Waals surface area contributed by atoms with Crippen molar-refractivity contribution < 1.29 is 0 Å². The largest absolute Gasteiger partial charge is 0.403 e. The molecule has 1 atom stereocenters. The van der Waals surface area contributed by atoms with E-state index in [2.05, 4.69) is 35.6 Å². The molecule has 96 valence electrons. The van der Waals surface area contributed by atoms with Crippen molar-refractivity contribution in [1.82, 2.24) is 5.32 Å². The average Bonchev–Trinajstić information content (AvgIpc) is 2.86. The predicted molar refractivity (Wildman–Crippen MR) is 80.1 cm³/mol. The first-order valence-corrected chi connectivity index (χ1v) is 6.96. The van der Waals surface area contributed by atoms with Crippen molar-refractivity contribution in [3.05, 3.63) is 71.4 Å². The fraction of sp³-hybridized carbons (Fsp3) is 0.0667. The molecule has 1 heterocycles. The van der Waals surface area contributed by atoms with Crippen LogP contribution in [0.2, 0.25) is 0 Å². The summed E-state index contributed by atoms with van der Waals surface area (Å²) < 4.78 is 0. The third-order valence-electron chi connectivity index (χ3n) is 3.36. The van der Waals surface area contributed by atoms with Gasteiger partial charge in [0.15, 0.2) is 0 Å². The Bertz CT molecular complexity index is 637. The van der Waals surface area contributed by atoms with Gasteiger partial charge in [-0.15, -0.1) is 0 Å². The van der Waals surface area contributed by atoms with E-state index in [-0.39, 0.29) is 6.04 Å². The van der Waals surface area contributed by atoms with Crippen LogP contribution >= 0.6 is 11.9 Å². The second kappa shape index (κ2) is 4.99. The molecule has 0 saturated heterocycles. The van der Waals surface area contributed by atoms with Gasteiger partial charge in [0.2, 0.25) is 0 Å². The first kappa shape index (κ1) is 12.1. The van der Waals surface area contributed by atoms with E-state index in [1.807, 2.05) is 18.2 Å². The molecule has 5 N–H and O–H groups in total. The van der Waals surface area contributed by atoms with Crippen molar-refractivity contribution in [3.8, 4) is 0 Å². The van der Waals surface area contributed by atoms with E-state index in [9.17, 15) is 0 Å². The van der Waals surface area contributed by atoms with Crippen LogP contribution in [0.4, 0.5) is 0 Å². The van der Waals surface area contributed by atoms with Crippen molar-refractivity contribution in [2.75, 3.05) is 0 Å². The van der Waals surface area contributed by atoms with Crippen molar-refractivity contribution in [2.24, 2.45) is 10.9 Å². The molecule has 19 heavy (non-hydrogen) atoms. The number of nitrogens with two attached hydrogens (primary N) is 2. The quantitative estimate of drug-likeness (QED) is 0.733. The Hall–Kier alpha value is -1.91. The molecule has 1 aliphatic heterocycles. The van der Waals surface area contributed by atoms with Gasteiger partial charge in [0.25, 0.3) is 0 Å². The summed E-state index contributed by atoms with van der Waals surface area (Å²) in [6.07, 6.45) is 1.63. The van der Waals surface area contributed by atoms with Crippen LogP contribution in [0.15, 0.2) is 59.6 Å². The van der Waals surface area contributed by atoms with E-state index in [0.29, 0.717) is 0 Å². The lowest BCUT2D eigenvalue weighted by atomic mass is 9.98. The lowest BCUT2D eigenvalue weighted by Gasteiger charge is -2.14. The number of fused-ring (bicyclic) bond motifs is 1. The number of rotatable bonds is 2. The summed E-state index contributed by atoms with van der Waals surface area (Å²) in [4.78, 5) is 1.06. The topological polar surface area (TPSA) is 64.1 Å². The second-order valence-electron chi connectivity index (χ2n) is 4.44.